The molecule has 0 unspecified atom stereocenters. The fourth-order valence-corrected chi connectivity index (χ4v) is 1.43. The Bertz CT molecular complexity index is 504. The molecule has 0 bridgehead atoms. The molecule has 0 aliphatic carbocycles. The van der Waals surface area contributed by atoms with E-state index in [-0.39, 0.29) is 5.56 Å². The number of hydrogen-bond donors (Lipinski definition) is 0. The molecule has 0 spiro atoms. The predicted molar refractivity (Wildman–Crippen MR) is 65.4 cm³/mol. The molecule has 1 aromatic rings. The zero-order chi connectivity index (χ0) is 14.6. The normalized spacial score (nSPS) is 12.3. The lowest BCUT2D eigenvalue weighted by Gasteiger charge is -2.08. The summed E-state index contributed by atoms with van der Waals surface area (Å²) in [6.45, 7) is 0. The average molecular weight is 316 g/mol. The van der Waals surface area contributed by atoms with E-state index >= 15 is 0 Å². The van der Waals surface area contributed by atoms with Crippen molar-refractivity contribution in [3.8, 4) is 5.75 Å². The fourth-order valence-electron chi connectivity index (χ4n) is 1.10. The van der Waals surface area contributed by atoms with Gasteiger partial charge in [-0.3, -0.25) is 0 Å². The number of allylic oxidation sites excluding steroid dienone is 1. The zero-order valence-corrected chi connectivity index (χ0v) is 10.9. The lowest BCUT2D eigenvalue weighted by Crippen LogP contribution is -2.11. The van der Waals surface area contributed by atoms with Crippen LogP contribution in [0.5, 0.6) is 5.75 Å². The standard InChI is InChI=1S/C11H7Cl2F4NO/c1-19-7-4-2-6(3-5-7)9(12)18-8(10(14)15)11(13,16)17/h2-5H,1H3. The summed E-state index contributed by atoms with van der Waals surface area (Å²) in [5.41, 5.74) is -1.71. The number of alkyl halides is 3. The van der Waals surface area contributed by atoms with Gasteiger partial charge in [-0.1, -0.05) is 11.6 Å². The monoisotopic (exact) mass is 315 g/mol. The molecule has 0 aliphatic heterocycles. The van der Waals surface area contributed by atoms with Crippen molar-refractivity contribution in [2.24, 2.45) is 4.99 Å². The van der Waals surface area contributed by atoms with Crippen molar-refractivity contribution in [3.05, 3.63) is 41.6 Å². The van der Waals surface area contributed by atoms with E-state index in [0.29, 0.717) is 5.75 Å². The van der Waals surface area contributed by atoms with E-state index < -0.39 is 22.3 Å². The highest BCUT2D eigenvalue weighted by atomic mass is 35.5. The number of methoxy groups -OCH3 is 1. The first kappa shape index (κ1) is 15.8. The van der Waals surface area contributed by atoms with Gasteiger partial charge < -0.3 is 4.74 Å². The van der Waals surface area contributed by atoms with Crippen LogP contribution in [0.2, 0.25) is 0 Å². The number of halogens is 6. The van der Waals surface area contributed by atoms with Gasteiger partial charge in [-0.25, -0.2) is 4.99 Å². The molecule has 1 aromatic carbocycles. The van der Waals surface area contributed by atoms with Gasteiger partial charge in [-0.2, -0.15) is 17.6 Å². The molecule has 2 nitrogen and oxygen atoms in total. The molecule has 0 heterocycles. The highest BCUT2D eigenvalue weighted by Gasteiger charge is 2.36. The van der Waals surface area contributed by atoms with Gasteiger partial charge in [0, 0.05) is 5.56 Å². The number of rotatable bonds is 4. The molecule has 0 saturated carbocycles. The summed E-state index contributed by atoms with van der Waals surface area (Å²) >= 11 is 10.1. The van der Waals surface area contributed by atoms with Crippen LogP contribution >= 0.6 is 23.2 Å². The van der Waals surface area contributed by atoms with Crippen LogP contribution in [0.4, 0.5) is 17.6 Å². The third-order valence-electron chi connectivity index (χ3n) is 1.99. The van der Waals surface area contributed by atoms with Crippen LogP contribution in [0, 0.1) is 0 Å². The van der Waals surface area contributed by atoms with Crippen LogP contribution < -0.4 is 4.74 Å². The summed E-state index contributed by atoms with van der Waals surface area (Å²) in [4.78, 5) is 2.96. The maximum atomic E-state index is 12.7. The number of nitrogens with zero attached hydrogens (tertiary/aromatic N) is 1. The topological polar surface area (TPSA) is 21.6 Å². The van der Waals surface area contributed by atoms with Crippen LogP contribution in [0.3, 0.4) is 0 Å². The lowest BCUT2D eigenvalue weighted by molar-refractivity contribution is 0.128. The number of benzene rings is 1. The SMILES string of the molecule is COc1ccc(C(Cl)=NC(=C(F)F)C(F)(F)Cl)cc1. The quantitative estimate of drug-likeness (QED) is 0.451. The molecule has 0 atom stereocenters. The number of aliphatic imine (C=N–C) groups is 1. The van der Waals surface area contributed by atoms with Crippen LogP contribution in [-0.4, -0.2) is 17.7 Å². The lowest BCUT2D eigenvalue weighted by atomic mass is 10.2. The smallest absolute Gasteiger partial charge is 0.370 e. The molecule has 0 N–H and O–H groups in total. The van der Waals surface area contributed by atoms with Crippen LogP contribution in [0.25, 0.3) is 0 Å². The molecule has 19 heavy (non-hydrogen) atoms. The van der Waals surface area contributed by atoms with Gasteiger partial charge in [0.2, 0.25) is 0 Å². The molecule has 8 heteroatoms. The Kier molecular flexibility index (Phi) is 5.20. The Balaban J connectivity index is 3.13. The Hall–Kier alpha value is -1.27. The summed E-state index contributed by atoms with van der Waals surface area (Å²) in [6, 6.07) is 5.71. The van der Waals surface area contributed by atoms with E-state index in [0.717, 1.165) is 0 Å². The van der Waals surface area contributed by atoms with Crippen molar-refractivity contribution in [1.29, 1.82) is 0 Å². The van der Waals surface area contributed by atoms with Gasteiger partial charge in [0.1, 0.15) is 10.9 Å². The minimum absolute atomic E-state index is 0.169. The van der Waals surface area contributed by atoms with Crippen molar-refractivity contribution in [3.63, 3.8) is 0 Å². The van der Waals surface area contributed by atoms with Crippen molar-refractivity contribution in [2.75, 3.05) is 7.11 Å². The molecule has 0 amide bonds. The van der Waals surface area contributed by atoms with E-state index in [1.165, 1.54) is 31.4 Å². The first-order chi connectivity index (χ1) is 8.75. The number of ether oxygens (including phenoxy) is 1. The van der Waals surface area contributed by atoms with Crippen LogP contribution in [-0.2, 0) is 0 Å². The maximum Gasteiger partial charge on any atom is 0.370 e. The van der Waals surface area contributed by atoms with Gasteiger partial charge in [-0.05, 0) is 35.9 Å². The highest BCUT2D eigenvalue weighted by Crippen LogP contribution is 2.33. The summed E-state index contributed by atoms with van der Waals surface area (Å²) < 4.78 is 54.9. The van der Waals surface area contributed by atoms with E-state index in [1.807, 2.05) is 0 Å². The summed E-state index contributed by atoms with van der Waals surface area (Å²) in [5.74, 6) is 0.489. The number of hydrogen-bond acceptors (Lipinski definition) is 2. The minimum Gasteiger partial charge on any atom is -0.497 e. The first-order valence-corrected chi connectivity index (χ1v) is 5.52. The van der Waals surface area contributed by atoms with Gasteiger partial charge in [0.05, 0.1) is 7.11 Å². The molecule has 0 fully saturated rings. The molecule has 1 rings (SSSR count). The maximum absolute atomic E-state index is 12.7. The second-order valence-corrected chi connectivity index (χ2v) is 4.07. The van der Waals surface area contributed by atoms with E-state index in [2.05, 4.69) is 16.6 Å². The van der Waals surface area contributed by atoms with Crippen molar-refractivity contribution < 1.29 is 22.3 Å². The molecule has 0 aliphatic rings. The Morgan fingerprint density at radius 3 is 2.11 bits per heavy atom. The predicted octanol–water partition coefficient (Wildman–Crippen LogP) is 4.62. The van der Waals surface area contributed by atoms with Gasteiger partial charge in [0.15, 0.2) is 5.70 Å². The Labute approximate surface area is 116 Å². The molecular weight excluding hydrogens is 309 g/mol. The highest BCUT2D eigenvalue weighted by molar-refractivity contribution is 6.69. The summed E-state index contributed by atoms with van der Waals surface area (Å²) in [6.07, 6.45) is -2.70. The first-order valence-electron chi connectivity index (χ1n) is 4.76. The molecule has 0 aromatic heterocycles. The van der Waals surface area contributed by atoms with Gasteiger partial charge >= 0.3 is 5.38 Å². The minimum atomic E-state index is -4.30. The van der Waals surface area contributed by atoms with Crippen molar-refractivity contribution in [2.45, 2.75) is 5.38 Å². The molecule has 0 radical (unpaired) electrons. The Morgan fingerprint density at radius 2 is 1.74 bits per heavy atom. The summed E-state index contributed by atoms with van der Waals surface area (Å²) in [7, 11) is 1.43. The largest absolute Gasteiger partial charge is 0.497 e. The third-order valence-corrected chi connectivity index (χ3v) is 2.47. The van der Waals surface area contributed by atoms with E-state index in [4.69, 9.17) is 16.3 Å². The average Bonchev–Trinajstić information content (AvgIpc) is 2.34. The molecular formula is C11H7Cl2F4NO. The summed E-state index contributed by atoms with van der Waals surface area (Å²) in [5, 5.41) is -4.84. The van der Waals surface area contributed by atoms with E-state index in [1.54, 1.807) is 0 Å². The van der Waals surface area contributed by atoms with Crippen LogP contribution in [0.1, 0.15) is 5.56 Å². The second kappa shape index (κ2) is 6.25. The molecule has 104 valence electrons. The van der Waals surface area contributed by atoms with Gasteiger partial charge in [0.25, 0.3) is 6.08 Å². The zero-order valence-electron chi connectivity index (χ0n) is 9.43. The van der Waals surface area contributed by atoms with Crippen molar-refractivity contribution in [1.82, 2.24) is 0 Å². The van der Waals surface area contributed by atoms with Crippen LogP contribution in [0.15, 0.2) is 41.0 Å². The van der Waals surface area contributed by atoms with Gasteiger partial charge in [-0.15, -0.1) is 0 Å². The second-order valence-electron chi connectivity index (χ2n) is 3.24. The third kappa shape index (κ3) is 4.40. The fraction of sp³-hybridized carbons (Fsp3) is 0.182. The molecule has 0 saturated heterocycles. The van der Waals surface area contributed by atoms with E-state index in [9.17, 15) is 17.6 Å². The van der Waals surface area contributed by atoms with Crippen molar-refractivity contribution >= 4 is 28.4 Å². The Morgan fingerprint density at radius 1 is 1.21 bits per heavy atom.